The van der Waals surface area contributed by atoms with Crippen molar-refractivity contribution in [2.45, 2.75) is 19.3 Å². The second kappa shape index (κ2) is 7.76. The molecule has 6 rings (SSSR count). The van der Waals surface area contributed by atoms with Gasteiger partial charge in [0.15, 0.2) is 11.3 Å². The van der Waals surface area contributed by atoms with Crippen molar-refractivity contribution in [2.75, 3.05) is 6.61 Å². The third-order valence-electron chi connectivity index (χ3n) is 6.89. The van der Waals surface area contributed by atoms with Crippen LogP contribution in [0, 0.1) is 17.8 Å². The first-order chi connectivity index (χ1) is 16.5. The standard InChI is InChI=1S/C26H22N4O4/c1-2-34-17-11-9-14(10-12-17)22-25(31)28-23-18-5-3-4-6-19(18)27-24(30(23)29-22)20-15-7-8-16(13-15)21(20)26(32)33/h3-12,15-16,20-21H,2,13H2,1H3,(H,32,33)/t15-,16-,20+,21+/m0/s1. The molecule has 1 fully saturated rings. The molecule has 8 nitrogen and oxygen atoms in total. The molecule has 1 N–H and O–H groups in total. The number of nitrogens with zero attached hydrogens (tertiary/aromatic N) is 4. The molecule has 34 heavy (non-hydrogen) atoms. The Morgan fingerprint density at radius 2 is 1.85 bits per heavy atom. The van der Waals surface area contributed by atoms with Crippen molar-refractivity contribution in [1.29, 1.82) is 0 Å². The van der Waals surface area contributed by atoms with Gasteiger partial charge in [0.25, 0.3) is 5.56 Å². The van der Waals surface area contributed by atoms with E-state index in [2.05, 4.69) is 11.1 Å². The maximum Gasteiger partial charge on any atom is 0.307 e. The summed E-state index contributed by atoms with van der Waals surface area (Å²) in [4.78, 5) is 34.6. The van der Waals surface area contributed by atoms with Crippen LogP contribution >= 0.6 is 0 Å². The summed E-state index contributed by atoms with van der Waals surface area (Å²) in [5.74, 6) is -0.548. The zero-order valence-electron chi connectivity index (χ0n) is 18.5. The SMILES string of the molecule is CCOc1ccc(-c2nn3c([C@H]4[C@H](C(=O)O)[C@H]5C=C[C@H]4C5)nc4ccccc4c3nc2=O)cc1. The van der Waals surface area contributed by atoms with E-state index in [1.165, 1.54) is 0 Å². The van der Waals surface area contributed by atoms with Crippen LogP contribution in [0.25, 0.3) is 27.8 Å². The smallest absolute Gasteiger partial charge is 0.307 e. The largest absolute Gasteiger partial charge is 0.494 e. The Morgan fingerprint density at radius 3 is 2.62 bits per heavy atom. The molecule has 0 saturated heterocycles. The quantitative estimate of drug-likeness (QED) is 0.362. The molecule has 0 radical (unpaired) electrons. The van der Waals surface area contributed by atoms with Crippen LogP contribution in [0.15, 0.2) is 65.5 Å². The summed E-state index contributed by atoms with van der Waals surface area (Å²) in [6.45, 7) is 2.45. The number of aliphatic carboxylic acids is 1. The highest BCUT2D eigenvalue weighted by Crippen LogP contribution is 2.52. The number of hydrogen-bond donors (Lipinski definition) is 1. The lowest BCUT2D eigenvalue weighted by atomic mass is 9.82. The molecule has 2 bridgehead atoms. The summed E-state index contributed by atoms with van der Waals surface area (Å²) in [6, 6.07) is 14.5. The monoisotopic (exact) mass is 454 g/mol. The number of ether oxygens (including phenoxy) is 1. The van der Waals surface area contributed by atoms with Crippen molar-refractivity contribution in [3.05, 3.63) is 76.9 Å². The summed E-state index contributed by atoms with van der Waals surface area (Å²) in [6.07, 6.45) is 4.86. The molecule has 2 aromatic heterocycles. The van der Waals surface area contributed by atoms with Crippen LogP contribution in [0.5, 0.6) is 5.75 Å². The molecular formula is C26H22N4O4. The summed E-state index contributed by atoms with van der Waals surface area (Å²) < 4.78 is 7.09. The van der Waals surface area contributed by atoms with E-state index in [1.54, 1.807) is 28.8 Å². The second-order valence-corrected chi connectivity index (χ2v) is 8.78. The van der Waals surface area contributed by atoms with Crippen LogP contribution < -0.4 is 10.3 Å². The highest BCUT2D eigenvalue weighted by atomic mass is 16.5. The fourth-order valence-corrected chi connectivity index (χ4v) is 5.44. The van der Waals surface area contributed by atoms with Crippen molar-refractivity contribution in [1.82, 2.24) is 19.6 Å². The normalized spacial score (nSPS) is 23.1. The van der Waals surface area contributed by atoms with Gasteiger partial charge in [-0.1, -0.05) is 24.3 Å². The van der Waals surface area contributed by atoms with Crippen molar-refractivity contribution in [3.8, 4) is 17.0 Å². The van der Waals surface area contributed by atoms with Crippen LogP contribution in [0.1, 0.15) is 25.1 Å². The minimum Gasteiger partial charge on any atom is -0.494 e. The van der Waals surface area contributed by atoms with Crippen LogP contribution in [0.2, 0.25) is 0 Å². The number of carbonyl (C=O) groups is 1. The molecule has 2 aromatic carbocycles. The van der Waals surface area contributed by atoms with Crippen LogP contribution in [-0.4, -0.2) is 37.3 Å². The fourth-order valence-electron chi connectivity index (χ4n) is 5.44. The number of hydrogen-bond acceptors (Lipinski definition) is 6. The predicted molar refractivity (Wildman–Crippen MR) is 126 cm³/mol. The molecule has 2 heterocycles. The molecular weight excluding hydrogens is 432 g/mol. The summed E-state index contributed by atoms with van der Waals surface area (Å²) >= 11 is 0. The molecule has 1 saturated carbocycles. The zero-order valence-corrected chi connectivity index (χ0v) is 18.5. The third-order valence-corrected chi connectivity index (χ3v) is 6.89. The molecule has 2 aliphatic rings. The molecule has 8 heteroatoms. The van der Waals surface area contributed by atoms with Crippen molar-refractivity contribution in [2.24, 2.45) is 17.8 Å². The number of para-hydroxylation sites is 1. The van der Waals surface area contributed by atoms with Gasteiger partial charge in [-0.2, -0.15) is 14.6 Å². The minimum absolute atomic E-state index is 0.0336. The Balaban J connectivity index is 1.61. The first-order valence-electron chi connectivity index (χ1n) is 11.4. The predicted octanol–water partition coefficient (Wildman–Crippen LogP) is 3.69. The lowest BCUT2D eigenvalue weighted by molar-refractivity contribution is -0.143. The molecule has 0 amide bonds. The number of rotatable bonds is 5. The van der Waals surface area contributed by atoms with E-state index in [1.807, 2.05) is 37.3 Å². The van der Waals surface area contributed by atoms with E-state index < -0.39 is 17.4 Å². The highest BCUT2D eigenvalue weighted by molar-refractivity contribution is 5.91. The number of benzene rings is 2. The van der Waals surface area contributed by atoms with Gasteiger partial charge in [-0.05, 0) is 61.6 Å². The maximum atomic E-state index is 13.1. The minimum atomic E-state index is -0.842. The van der Waals surface area contributed by atoms with Gasteiger partial charge in [-0.25, -0.2) is 4.98 Å². The van der Waals surface area contributed by atoms with Gasteiger partial charge in [-0.15, -0.1) is 0 Å². The van der Waals surface area contributed by atoms with Crippen LogP contribution in [0.4, 0.5) is 0 Å². The van der Waals surface area contributed by atoms with E-state index >= 15 is 0 Å². The van der Waals surface area contributed by atoms with Gasteiger partial charge in [-0.3, -0.25) is 9.59 Å². The second-order valence-electron chi connectivity index (χ2n) is 8.78. The van der Waals surface area contributed by atoms with E-state index in [0.29, 0.717) is 40.3 Å². The number of carboxylic acid groups (broad SMARTS) is 1. The van der Waals surface area contributed by atoms with Gasteiger partial charge < -0.3 is 9.84 Å². The average molecular weight is 454 g/mol. The van der Waals surface area contributed by atoms with E-state index in [-0.39, 0.29) is 23.4 Å². The van der Waals surface area contributed by atoms with Crippen molar-refractivity contribution in [3.63, 3.8) is 0 Å². The van der Waals surface area contributed by atoms with Crippen LogP contribution in [-0.2, 0) is 4.79 Å². The Labute approximate surface area is 194 Å². The Morgan fingerprint density at radius 1 is 1.09 bits per heavy atom. The molecule has 4 atom stereocenters. The molecule has 4 aromatic rings. The van der Waals surface area contributed by atoms with Crippen LogP contribution in [0.3, 0.4) is 0 Å². The zero-order chi connectivity index (χ0) is 23.4. The van der Waals surface area contributed by atoms with Gasteiger partial charge in [0.2, 0.25) is 0 Å². The Kier molecular flexibility index (Phi) is 4.69. The Bertz CT molecular complexity index is 1530. The van der Waals surface area contributed by atoms with Gasteiger partial charge >= 0.3 is 5.97 Å². The van der Waals surface area contributed by atoms with Crippen molar-refractivity contribution < 1.29 is 14.6 Å². The van der Waals surface area contributed by atoms with Crippen molar-refractivity contribution >= 4 is 22.5 Å². The van der Waals surface area contributed by atoms with E-state index in [4.69, 9.17) is 14.8 Å². The topological polar surface area (TPSA) is 107 Å². The lowest BCUT2D eigenvalue weighted by Gasteiger charge is -2.25. The molecule has 2 aliphatic carbocycles. The maximum absolute atomic E-state index is 13.1. The Hall–Kier alpha value is -4.07. The van der Waals surface area contributed by atoms with E-state index in [0.717, 1.165) is 6.42 Å². The highest BCUT2D eigenvalue weighted by Gasteiger charge is 2.50. The molecule has 170 valence electrons. The van der Waals surface area contributed by atoms with E-state index in [9.17, 15) is 14.7 Å². The molecule has 0 aliphatic heterocycles. The molecule has 0 unspecified atom stereocenters. The first-order valence-corrected chi connectivity index (χ1v) is 11.4. The van der Waals surface area contributed by atoms with Gasteiger partial charge in [0.05, 0.1) is 18.0 Å². The summed E-state index contributed by atoms with van der Waals surface area (Å²) in [5.41, 5.74) is 1.39. The van der Waals surface area contributed by atoms with Gasteiger partial charge in [0, 0.05) is 16.9 Å². The summed E-state index contributed by atoms with van der Waals surface area (Å²) in [7, 11) is 0. The molecule has 0 spiro atoms. The number of allylic oxidation sites excluding steroid dienone is 2. The fraction of sp³-hybridized carbons (Fsp3) is 0.269. The average Bonchev–Trinajstić information content (AvgIpc) is 3.46. The number of aromatic nitrogens is 4. The third kappa shape index (κ3) is 3.09. The van der Waals surface area contributed by atoms with Gasteiger partial charge in [0.1, 0.15) is 11.6 Å². The number of fused-ring (bicyclic) bond motifs is 5. The first kappa shape index (κ1) is 20.5. The summed E-state index contributed by atoms with van der Waals surface area (Å²) in [5, 5.41) is 15.4. The number of carboxylic acids is 1. The lowest BCUT2D eigenvalue weighted by Crippen LogP contribution is -2.29.